The summed E-state index contributed by atoms with van der Waals surface area (Å²) >= 11 is 3.24. The molecular weight excluding hydrogens is 168 g/mol. The molecule has 0 unspecified atom stereocenters. The standard InChI is InChI=1S/C6H11BrO/c1-5(2)8-4-6(3)7/h4-5H,1-3H3. The molecule has 0 saturated heterocycles. The molecule has 0 aromatic heterocycles. The van der Waals surface area contributed by atoms with Gasteiger partial charge < -0.3 is 4.74 Å². The van der Waals surface area contributed by atoms with Crippen LogP contribution in [0.2, 0.25) is 0 Å². The van der Waals surface area contributed by atoms with Gasteiger partial charge in [0.05, 0.1) is 12.4 Å². The Balaban J connectivity index is 3.29. The van der Waals surface area contributed by atoms with Crippen LogP contribution in [0, 0.1) is 0 Å². The zero-order valence-corrected chi connectivity index (χ0v) is 7.03. The molecule has 0 fully saturated rings. The van der Waals surface area contributed by atoms with Gasteiger partial charge in [-0.2, -0.15) is 0 Å². The largest absolute Gasteiger partial charge is 0.498 e. The summed E-state index contributed by atoms with van der Waals surface area (Å²) in [7, 11) is 0. The summed E-state index contributed by atoms with van der Waals surface area (Å²) in [6.07, 6.45) is 1.98. The molecule has 0 aliphatic carbocycles. The number of hydrogen-bond acceptors (Lipinski definition) is 1. The van der Waals surface area contributed by atoms with E-state index < -0.39 is 0 Å². The molecule has 0 aliphatic heterocycles. The zero-order valence-electron chi connectivity index (χ0n) is 5.44. The van der Waals surface area contributed by atoms with Crippen LogP contribution in [0.15, 0.2) is 10.7 Å². The van der Waals surface area contributed by atoms with Crippen LogP contribution in [0.4, 0.5) is 0 Å². The van der Waals surface area contributed by atoms with Crippen molar-refractivity contribution in [2.45, 2.75) is 26.9 Å². The first-order valence-corrected chi connectivity index (χ1v) is 3.40. The first kappa shape index (κ1) is 8.02. The maximum atomic E-state index is 5.09. The molecule has 0 heterocycles. The van der Waals surface area contributed by atoms with E-state index in [2.05, 4.69) is 15.9 Å². The van der Waals surface area contributed by atoms with Gasteiger partial charge in [0.1, 0.15) is 0 Å². The molecule has 1 nitrogen and oxygen atoms in total. The second-order valence-corrected chi connectivity index (χ2v) is 3.14. The monoisotopic (exact) mass is 178 g/mol. The first-order chi connectivity index (χ1) is 3.63. The van der Waals surface area contributed by atoms with Crippen molar-refractivity contribution in [2.24, 2.45) is 0 Å². The average molecular weight is 179 g/mol. The van der Waals surface area contributed by atoms with Crippen LogP contribution in [-0.4, -0.2) is 6.10 Å². The van der Waals surface area contributed by atoms with Crippen molar-refractivity contribution in [3.8, 4) is 0 Å². The summed E-state index contributed by atoms with van der Waals surface area (Å²) in [4.78, 5) is 0. The second kappa shape index (κ2) is 3.96. The molecular formula is C6H11BrO. The number of rotatable bonds is 2. The molecule has 48 valence electrons. The molecule has 0 rings (SSSR count). The van der Waals surface area contributed by atoms with Gasteiger partial charge >= 0.3 is 0 Å². The van der Waals surface area contributed by atoms with Crippen molar-refractivity contribution in [1.82, 2.24) is 0 Å². The van der Waals surface area contributed by atoms with Gasteiger partial charge in [0.2, 0.25) is 0 Å². The van der Waals surface area contributed by atoms with Crippen LogP contribution >= 0.6 is 15.9 Å². The highest BCUT2D eigenvalue weighted by Gasteiger charge is 1.85. The number of hydrogen-bond donors (Lipinski definition) is 0. The Kier molecular flexibility index (Phi) is 3.97. The van der Waals surface area contributed by atoms with Crippen molar-refractivity contribution in [3.05, 3.63) is 10.7 Å². The topological polar surface area (TPSA) is 9.23 Å². The van der Waals surface area contributed by atoms with E-state index in [9.17, 15) is 0 Å². The van der Waals surface area contributed by atoms with E-state index in [1.165, 1.54) is 0 Å². The zero-order chi connectivity index (χ0) is 6.57. The Hall–Kier alpha value is 0.0200. The van der Waals surface area contributed by atoms with Crippen molar-refractivity contribution < 1.29 is 4.74 Å². The highest BCUT2D eigenvalue weighted by Crippen LogP contribution is 2.02. The van der Waals surface area contributed by atoms with Crippen LogP contribution in [0.5, 0.6) is 0 Å². The summed E-state index contributed by atoms with van der Waals surface area (Å²) < 4.78 is 6.11. The first-order valence-electron chi connectivity index (χ1n) is 2.60. The van der Waals surface area contributed by atoms with Gasteiger partial charge in [-0.05, 0) is 20.8 Å². The molecule has 2 heteroatoms. The molecule has 0 aromatic carbocycles. The molecule has 0 atom stereocenters. The Labute approximate surface area is 58.9 Å². The minimum absolute atomic E-state index is 0.280. The number of ether oxygens (including phenoxy) is 1. The van der Waals surface area contributed by atoms with Gasteiger partial charge in [0.25, 0.3) is 0 Å². The predicted octanol–water partition coefficient (Wildman–Crippen LogP) is 2.67. The summed E-state index contributed by atoms with van der Waals surface area (Å²) in [5.74, 6) is 0. The van der Waals surface area contributed by atoms with Crippen LogP contribution in [0.1, 0.15) is 20.8 Å². The Bertz CT molecular complexity index is 82.5. The van der Waals surface area contributed by atoms with Crippen molar-refractivity contribution in [1.29, 1.82) is 0 Å². The van der Waals surface area contributed by atoms with Gasteiger partial charge in [0.15, 0.2) is 0 Å². The van der Waals surface area contributed by atoms with Crippen molar-refractivity contribution in [2.75, 3.05) is 0 Å². The maximum absolute atomic E-state index is 5.09. The lowest BCUT2D eigenvalue weighted by Crippen LogP contribution is -1.94. The fourth-order valence-electron chi connectivity index (χ4n) is 0.230. The third-order valence-electron chi connectivity index (χ3n) is 0.503. The molecule has 0 aromatic rings. The molecule has 0 N–H and O–H groups in total. The number of halogens is 1. The average Bonchev–Trinajstić information content (AvgIpc) is 1.61. The van der Waals surface area contributed by atoms with Gasteiger partial charge in [-0.3, -0.25) is 0 Å². The fourth-order valence-corrected chi connectivity index (χ4v) is 0.338. The summed E-state index contributed by atoms with van der Waals surface area (Å²) in [6.45, 7) is 5.92. The van der Waals surface area contributed by atoms with E-state index in [0.717, 1.165) is 4.48 Å². The van der Waals surface area contributed by atoms with Gasteiger partial charge in [0, 0.05) is 4.48 Å². The molecule has 0 spiro atoms. The second-order valence-electron chi connectivity index (χ2n) is 1.89. The molecule has 0 radical (unpaired) electrons. The quantitative estimate of drug-likeness (QED) is 0.592. The van der Waals surface area contributed by atoms with E-state index in [4.69, 9.17) is 4.74 Å². The van der Waals surface area contributed by atoms with E-state index in [1.807, 2.05) is 20.8 Å². The van der Waals surface area contributed by atoms with Gasteiger partial charge in [-0.25, -0.2) is 0 Å². The van der Waals surface area contributed by atoms with E-state index in [0.29, 0.717) is 0 Å². The minimum atomic E-state index is 0.280. The van der Waals surface area contributed by atoms with Gasteiger partial charge in [-0.15, -0.1) is 0 Å². The molecule has 0 saturated carbocycles. The van der Waals surface area contributed by atoms with E-state index in [1.54, 1.807) is 6.26 Å². The van der Waals surface area contributed by atoms with Crippen molar-refractivity contribution in [3.63, 3.8) is 0 Å². The van der Waals surface area contributed by atoms with E-state index in [-0.39, 0.29) is 6.10 Å². The normalized spacial score (nSPS) is 12.4. The summed E-state index contributed by atoms with van der Waals surface area (Å²) in [5, 5.41) is 0. The third kappa shape index (κ3) is 6.02. The Morgan fingerprint density at radius 1 is 1.62 bits per heavy atom. The third-order valence-corrected chi connectivity index (χ3v) is 0.690. The summed E-state index contributed by atoms with van der Waals surface area (Å²) in [5.41, 5.74) is 0. The molecule has 8 heavy (non-hydrogen) atoms. The minimum Gasteiger partial charge on any atom is -0.498 e. The van der Waals surface area contributed by atoms with Crippen LogP contribution in [-0.2, 0) is 4.74 Å². The Morgan fingerprint density at radius 2 is 2.12 bits per heavy atom. The van der Waals surface area contributed by atoms with Crippen LogP contribution in [0.25, 0.3) is 0 Å². The van der Waals surface area contributed by atoms with Gasteiger partial charge in [-0.1, -0.05) is 15.9 Å². The van der Waals surface area contributed by atoms with Crippen molar-refractivity contribution >= 4 is 15.9 Å². The molecule has 0 amide bonds. The Morgan fingerprint density at radius 3 is 2.25 bits per heavy atom. The predicted molar refractivity (Wildman–Crippen MR) is 38.9 cm³/mol. The fraction of sp³-hybridized carbons (Fsp3) is 0.667. The SMILES string of the molecule is CC(Br)=COC(C)C. The van der Waals surface area contributed by atoms with Crippen LogP contribution in [0.3, 0.4) is 0 Å². The summed E-state index contributed by atoms with van der Waals surface area (Å²) in [6, 6.07) is 0. The number of allylic oxidation sites excluding steroid dienone is 1. The van der Waals surface area contributed by atoms with E-state index >= 15 is 0 Å². The lowest BCUT2D eigenvalue weighted by atomic mass is 10.5. The lowest BCUT2D eigenvalue weighted by Gasteiger charge is -2.02. The lowest BCUT2D eigenvalue weighted by molar-refractivity contribution is 0.178. The molecule has 0 bridgehead atoms. The maximum Gasteiger partial charge on any atom is 0.0931 e. The molecule has 0 aliphatic rings. The highest BCUT2D eigenvalue weighted by atomic mass is 79.9. The smallest absolute Gasteiger partial charge is 0.0931 e. The van der Waals surface area contributed by atoms with Crippen LogP contribution < -0.4 is 0 Å². The highest BCUT2D eigenvalue weighted by molar-refractivity contribution is 9.11.